The molecule has 2 rings (SSSR count). The van der Waals surface area contributed by atoms with E-state index in [0.717, 1.165) is 19.4 Å². The zero-order chi connectivity index (χ0) is 11.9. The summed E-state index contributed by atoms with van der Waals surface area (Å²) >= 11 is 0. The lowest BCUT2D eigenvalue weighted by atomic mass is 10.1. The zero-order valence-corrected chi connectivity index (χ0v) is 10.2. The second-order valence-corrected chi connectivity index (χ2v) is 4.09. The van der Waals surface area contributed by atoms with Gasteiger partial charge in [-0.1, -0.05) is 19.1 Å². The smallest absolute Gasteiger partial charge is 0.0343 e. The van der Waals surface area contributed by atoms with Gasteiger partial charge in [-0.3, -0.25) is 4.98 Å². The Morgan fingerprint density at radius 2 is 1.88 bits per heavy atom. The number of hydrogen-bond acceptors (Lipinski definition) is 2. The van der Waals surface area contributed by atoms with Crippen molar-refractivity contribution in [1.29, 1.82) is 0 Å². The van der Waals surface area contributed by atoms with Crippen molar-refractivity contribution < 1.29 is 0 Å². The molecule has 0 spiro atoms. The van der Waals surface area contributed by atoms with Crippen LogP contribution in [-0.2, 0) is 12.8 Å². The molecule has 2 aromatic rings. The Bertz CT molecular complexity index is 451. The number of aryl methyl sites for hydroxylation is 1. The average molecular weight is 226 g/mol. The van der Waals surface area contributed by atoms with E-state index >= 15 is 0 Å². The fourth-order valence-electron chi connectivity index (χ4n) is 1.80. The van der Waals surface area contributed by atoms with Crippen LogP contribution in [0.15, 0.2) is 48.8 Å². The van der Waals surface area contributed by atoms with E-state index in [0.29, 0.717) is 0 Å². The quantitative estimate of drug-likeness (QED) is 0.846. The van der Waals surface area contributed by atoms with Gasteiger partial charge in [-0.15, -0.1) is 0 Å². The van der Waals surface area contributed by atoms with Gasteiger partial charge in [-0.2, -0.15) is 0 Å². The molecular weight excluding hydrogens is 208 g/mol. The van der Waals surface area contributed by atoms with Crippen molar-refractivity contribution in [1.82, 2.24) is 4.98 Å². The van der Waals surface area contributed by atoms with E-state index in [1.165, 1.54) is 16.8 Å². The van der Waals surface area contributed by atoms with Crippen molar-refractivity contribution in [3.8, 4) is 0 Å². The summed E-state index contributed by atoms with van der Waals surface area (Å²) in [4.78, 5) is 4.01. The summed E-state index contributed by atoms with van der Waals surface area (Å²) in [5.41, 5.74) is 3.90. The van der Waals surface area contributed by atoms with Gasteiger partial charge >= 0.3 is 0 Å². The first kappa shape index (κ1) is 11.6. The first-order valence-electron chi connectivity index (χ1n) is 6.10. The predicted octanol–water partition coefficient (Wildman–Crippen LogP) is 3.30. The van der Waals surface area contributed by atoms with Crippen LogP contribution in [0.25, 0.3) is 0 Å². The Labute approximate surface area is 103 Å². The van der Waals surface area contributed by atoms with Crippen molar-refractivity contribution in [2.75, 3.05) is 11.9 Å². The van der Waals surface area contributed by atoms with E-state index < -0.39 is 0 Å². The van der Waals surface area contributed by atoms with Gasteiger partial charge < -0.3 is 5.32 Å². The molecule has 0 unspecified atom stereocenters. The maximum Gasteiger partial charge on any atom is 0.0343 e. The number of nitrogens with one attached hydrogen (secondary N) is 1. The van der Waals surface area contributed by atoms with E-state index in [1.807, 2.05) is 12.4 Å². The first-order valence-corrected chi connectivity index (χ1v) is 6.10. The van der Waals surface area contributed by atoms with Gasteiger partial charge in [0.2, 0.25) is 0 Å². The summed E-state index contributed by atoms with van der Waals surface area (Å²) in [6, 6.07) is 12.7. The minimum absolute atomic E-state index is 0.956. The Kier molecular flexibility index (Phi) is 4.14. The fourth-order valence-corrected chi connectivity index (χ4v) is 1.80. The first-order chi connectivity index (χ1) is 8.38. The molecule has 88 valence electrons. The molecule has 0 saturated heterocycles. The molecule has 1 aromatic heterocycles. The van der Waals surface area contributed by atoms with Gasteiger partial charge in [-0.25, -0.2) is 0 Å². The van der Waals surface area contributed by atoms with Crippen LogP contribution >= 0.6 is 0 Å². The van der Waals surface area contributed by atoms with Gasteiger partial charge in [0.05, 0.1) is 0 Å². The Morgan fingerprint density at radius 3 is 2.65 bits per heavy atom. The molecule has 0 aliphatic heterocycles. The summed E-state index contributed by atoms with van der Waals surface area (Å²) in [5, 5.41) is 3.45. The molecule has 0 aliphatic rings. The highest BCUT2D eigenvalue weighted by molar-refractivity contribution is 5.45. The lowest BCUT2D eigenvalue weighted by Crippen LogP contribution is -2.05. The van der Waals surface area contributed by atoms with Crippen LogP contribution in [0, 0.1) is 0 Å². The van der Waals surface area contributed by atoms with E-state index in [9.17, 15) is 0 Å². The largest absolute Gasteiger partial charge is 0.385 e. The van der Waals surface area contributed by atoms with Crippen molar-refractivity contribution in [2.24, 2.45) is 0 Å². The van der Waals surface area contributed by atoms with Crippen LogP contribution in [0.3, 0.4) is 0 Å². The van der Waals surface area contributed by atoms with E-state index in [1.54, 1.807) is 0 Å². The molecule has 0 amide bonds. The topological polar surface area (TPSA) is 24.9 Å². The third-order valence-corrected chi connectivity index (χ3v) is 2.83. The molecule has 1 aromatic carbocycles. The highest BCUT2D eigenvalue weighted by atomic mass is 14.9. The van der Waals surface area contributed by atoms with Crippen LogP contribution < -0.4 is 5.32 Å². The van der Waals surface area contributed by atoms with E-state index in [2.05, 4.69) is 53.6 Å². The van der Waals surface area contributed by atoms with Gasteiger partial charge in [-0.05, 0) is 48.2 Å². The van der Waals surface area contributed by atoms with Gasteiger partial charge in [0.25, 0.3) is 0 Å². The number of benzene rings is 1. The maximum absolute atomic E-state index is 4.01. The van der Waals surface area contributed by atoms with Crippen LogP contribution in [0.5, 0.6) is 0 Å². The van der Waals surface area contributed by atoms with Gasteiger partial charge in [0.15, 0.2) is 0 Å². The number of hydrogen-bond donors (Lipinski definition) is 1. The predicted molar refractivity (Wildman–Crippen MR) is 72.3 cm³/mol. The van der Waals surface area contributed by atoms with E-state index in [-0.39, 0.29) is 0 Å². The number of rotatable bonds is 5. The molecule has 2 nitrogen and oxygen atoms in total. The molecule has 0 atom stereocenters. The molecule has 0 radical (unpaired) electrons. The minimum atomic E-state index is 0.956. The molecule has 17 heavy (non-hydrogen) atoms. The highest BCUT2D eigenvalue weighted by Gasteiger charge is 1.95. The van der Waals surface area contributed by atoms with Crippen molar-refractivity contribution in [3.05, 3.63) is 59.9 Å². The summed E-state index contributed by atoms with van der Waals surface area (Å²) in [7, 11) is 0. The standard InChI is InChI=1S/C15H18N2/c1-2-13-4-3-5-15(12-13)17-11-8-14-6-9-16-10-7-14/h3-7,9-10,12,17H,2,8,11H2,1H3. The summed E-state index contributed by atoms with van der Waals surface area (Å²) in [5.74, 6) is 0. The SMILES string of the molecule is CCc1cccc(NCCc2ccncc2)c1. The summed E-state index contributed by atoms with van der Waals surface area (Å²) in [6.07, 6.45) is 5.79. The molecular formula is C15H18N2. The molecule has 0 fully saturated rings. The molecule has 1 heterocycles. The van der Waals surface area contributed by atoms with Crippen molar-refractivity contribution in [3.63, 3.8) is 0 Å². The van der Waals surface area contributed by atoms with Crippen LogP contribution in [0.2, 0.25) is 0 Å². The third kappa shape index (κ3) is 3.59. The molecule has 0 bridgehead atoms. The second-order valence-electron chi connectivity index (χ2n) is 4.09. The highest BCUT2D eigenvalue weighted by Crippen LogP contribution is 2.11. The minimum Gasteiger partial charge on any atom is -0.385 e. The Hall–Kier alpha value is -1.83. The van der Waals surface area contributed by atoms with Crippen LogP contribution in [-0.4, -0.2) is 11.5 Å². The number of pyridine rings is 1. The maximum atomic E-state index is 4.01. The van der Waals surface area contributed by atoms with E-state index in [4.69, 9.17) is 0 Å². The molecule has 0 saturated carbocycles. The zero-order valence-electron chi connectivity index (χ0n) is 10.2. The number of aromatic nitrogens is 1. The van der Waals surface area contributed by atoms with Gasteiger partial charge in [0, 0.05) is 24.6 Å². The number of anilines is 1. The molecule has 2 heteroatoms. The molecule has 0 aliphatic carbocycles. The van der Waals surface area contributed by atoms with Gasteiger partial charge in [0.1, 0.15) is 0 Å². The summed E-state index contributed by atoms with van der Waals surface area (Å²) in [6.45, 7) is 3.13. The van der Waals surface area contributed by atoms with Crippen LogP contribution in [0.1, 0.15) is 18.1 Å². The summed E-state index contributed by atoms with van der Waals surface area (Å²) < 4.78 is 0. The fraction of sp³-hybridized carbons (Fsp3) is 0.267. The van der Waals surface area contributed by atoms with Crippen LogP contribution in [0.4, 0.5) is 5.69 Å². The second kappa shape index (κ2) is 6.04. The monoisotopic (exact) mass is 226 g/mol. The lowest BCUT2D eigenvalue weighted by molar-refractivity contribution is 1.01. The normalized spacial score (nSPS) is 10.2. The third-order valence-electron chi connectivity index (χ3n) is 2.83. The Balaban J connectivity index is 1.86. The average Bonchev–Trinajstić information content (AvgIpc) is 2.40. The lowest BCUT2D eigenvalue weighted by Gasteiger charge is -2.07. The Morgan fingerprint density at radius 1 is 1.06 bits per heavy atom. The molecule has 1 N–H and O–H groups in total. The van der Waals surface area contributed by atoms with Crippen molar-refractivity contribution in [2.45, 2.75) is 19.8 Å². The van der Waals surface area contributed by atoms with Crippen molar-refractivity contribution >= 4 is 5.69 Å². The number of nitrogens with zero attached hydrogens (tertiary/aromatic N) is 1.